The van der Waals surface area contributed by atoms with Crippen molar-refractivity contribution in [2.45, 2.75) is 38.6 Å². The lowest BCUT2D eigenvalue weighted by molar-refractivity contribution is -0.119. The molecule has 0 aliphatic heterocycles. The molecule has 0 saturated heterocycles. The molecular weight excluding hydrogens is 372 g/mol. The Labute approximate surface area is 169 Å². The van der Waals surface area contributed by atoms with E-state index in [4.69, 9.17) is 4.74 Å². The number of rotatable bonds is 8. The zero-order chi connectivity index (χ0) is 19.9. The number of nitrogens with one attached hydrogen (secondary N) is 1. The van der Waals surface area contributed by atoms with Crippen LogP contribution >= 0.6 is 11.8 Å². The van der Waals surface area contributed by atoms with E-state index in [1.165, 1.54) is 11.8 Å². The zero-order valence-electron chi connectivity index (χ0n) is 16.3. The molecule has 1 aromatic heterocycles. The van der Waals surface area contributed by atoms with Crippen molar-refractivity contribution < 1.29 is 9.53 Å². The molecule has 1 heterocycles. The number of nitrogens with zero attached hydrogens (tertiary/aromatic N) is 3. The van der Waals surface area contributed by atoms with Crippen molar-refractivity contribution in [1.29, 1.82) is 0 Å². The Morgan fingerprint density at radius 3 is 2.54 bits per heavy atom. The minimum Gasteiger partial charge on any atom is -0.485 e. The third-order valence-corrected chi connectivity index (χ3v) is 4.88. The fourth-order valence-electron chi connectivity index (χ4n) is 2.68. The number of ether oxygens (including phenoxy) is 1. The average molecular weight is 397 g/mol. The first kappa shape index (κ1) is 19.9. The predicted molar refractivity (Wildman–Crippen MR) is 111 cm³/mol. The van der Waals surface area contributed by atoms with Gasteiger partial charge in [-0.05, 0) is 44.5 Å². The third-order valence-electron chi connectivity index (χ3n) is 3.95. The second-order valence-electron chi connectivity index (χ2n) is 6.63. The highest BCUT2D eigenvalue weighted by atomic mass is 32.2. The molecule has 0 saturated carbocycles. The van der Waals surface area contributed by atoms with Crippen LogP contribution < -0.4 is 10.1 Å². The van der Waals surface area contributed by atoms with Crippen molar-refractivity contribution in [3.05, 3.63) is 66.0 Å². The zero-order valence-corrected chi connectivity index (χ0v) is 17.1. The molecule has 7 heteroatoms. The number of carbonyl (C=O) groups excluding carboxylic acids is 1. The quantitative estimate of drug-likeness (QED) is 0.587. The predicted octanol–water partition coefficient (Wildman–Crippen LogP) is 3.77. The number of benzene rings is 2. The van der Waals surface area contributed by atoms with Crippen LogP contribution in [0.15, 0.2) is 59.8 Å². The number of carbonyl (C=O) groups is 1. The van der Waals surface area contributed by atoms with Crippen molar-refractivity contribution in [2.75, 3.05) is 5.75 Å². The van der Waals surface area contributed by atoms with Gasteiger partial charge in [0.25, 0.3) is 0 Å². The van der Waals surface area contributed by atoms with Gasteiger partial charge in [0.2, 0.25) is 5.91 Å². The van der Waals surface area contributed by atoms with Crippen molar-refractivity contribution in [3.8, 4) is 11.4 Å². The fourth-order valence-corrected chi connectivity index (χ4v) is 3.46. The van der Waals surface area contributed by atoms with Gasteiger partial charge >= 0.3 is 0 Å². The first-order valence-electron chi connectivity index (χ1n) is 9.15. The Morgan fingerprint density at radius 1 is 1.11 bits per heavy atom. The van der Waals surface area contributed by atoms with Crippen LogP contribution in [0.25, 0.3) is 5.69 Å². The molecule has 0 aliphatic carbocycles. The lowest BCUT2D eigenvalue weighted by atomic mass is 10.2. The van der Waals surface area contributed by atoms with Crippen molar-refractivity contribution in [3.63, 3.8) is 0 Å². The maximum atomic E-state index is 12.0. The standard InChI is InChI=1S/C21H24N4O2S/c1-15(2)22-20(26)14-28-21-24-23-19(25(21)17-10-5-4-6-11-17)13-27-18-12-8-7-9-16(18)3/h4-12,15H,13-14H2,1-3H3,(H,22,26). The molecule has 0 bridgehead atoms. The molecule has 3 rings (SSSR count). The van der Waals surface area contributed by atoms with E-state index in [0.717, 1.165) is 17.0 Å². The summed E-state index contributed by atoms with van der Waals surface area (Å²) >= 11 is 1.36. The van der Waals surface area contributed by atoms with Crippen LogP contribution in [0.3, 0.4) is 0 Å². The normalized spacial score (nSPS) is 10.9. The Morgan fingerprint density at radius 2 is 1.82 bits per heavy atom. The Bertz CT molecular complexity index is 925. The summed E-state index contributed by atoms with van der Waals surface area (Å²) in [6.07, 6.45) is 0. The Kier molecular flexibility index (Phi) is 6.71. The first-order valence-corrected chi connectivity index (χ1v) is 10.1. The summed E-state index contributed by atoms with van der Waals surface area (Å²) < 4.78 is 7.90. The second-order valence-corrected chi connectivity index (χ2v) is 7.58. The maximum Gasteiger partial charge on any atom is 0.230 e. The number of amides is 1. The largest absolute Gasteiger partial charge is 0.485 e. The summed E-state index contributed by atoms with van der Waals surface area (Å²) in [5, 5.41) is 12.2. The van der Waals surface area contributed by atoms with Gasteiger partial charge in [-0.15, -0.1) is 10.2 Å². The molecule has 0 spiro atoms. The third kappa shape index (κ3) is 5.13. The summed E-state index contributed by atoms with van der Waals surface area (Å²) in [6.45, 7) is 6.17. The average Bonchev–Trinajstić information content (AvgIpc) is 3.09. The summed E-state index contributed by atoms with van der Waals surface area (Å²) in [4.78, 5) is 12.0. The minimum absolute atomic E-state index is 0.0275. The highest BCUT2D eigenvalue weighted by Gasteiger charge is 2.17. The topological polar surface area (TPSA) is 69.0 Å². The molecule has 0 aliphatic rings. The van der Waals surface area contributed by atoms with Gasteiger partial charge in [-0.2, -0.15) is 0 Å². The lowest BCUT2D eigenvalue weighted by Gasteiger charge is -2.12. The van der Waals surface area contributed by atoms with Crippen LogP contribution in [0.5, 0.6) is 5.75 Å². The minimum atomic E-state index is -0.0275. The Hall–Kier alpha value is -2.80. The monoisotopic (exact) mass is 396 g/mol. The van der Waals surface area contributed by atoms with E-state index in [1.807, 2.05) is 79.9 Å². The van der Waals surface area contributed by atoms with Crippen LogP contribution in [0.1, 0.15) is 25.2 Å². The molecule has 1 amide bonds. The molecule has 0 radical (unpaired) electrons. The van der Waals surface area contributed by atoms with E-state index in [9.17, 15) is 4.79 Å². The molecular formula is C21H24N4O2S. The van der Waals surface area contributed by atoms with E-state index < -0.39 is 0 Å². The molecule has 1 N–H and O–H groups in total. The summed E-state index contributed by atoms with van der Waals surface area (Å²) in [6, 6.07) is 17.8. The van der Waals surface area contributed by atoms with E-state index in [2.05, 4.69) is 15.5 Å². The highest BCUT2D eigenvalue weighted by molar-refractivity contribution is 7.99. The van der Waals surface area contributed by atoms with Crippen LogP contribution in [-0.2, 0) is 11.4 Å². The lowest BCUT2D eigenvalue weighted by Crippen LogP contribution is -2.31. The molecule has 0 fully saturated rings. The van der Waals surface area contributed by atoms with Gasteiger partial charge in [0.15, 0.2) is 11.0 Å². The summed E-state index contributed by atoms with van der Waals surface area (Å²) in [5.74, 6) is 1.75. The number of aromatic nitrogens is 3. The van der Waals surface area contributed by atoms with Gasteiger partial charge in [0.05, 0.1) is 5.75 Å². The molecule has 28 heavy (non-hydrogen) atoms. The highest BCUT2D eigenvalue weighted by Crippen LogP contribution is 2.24. The van der Waals surface area contributed by atoms with Gasteiger partial charge in [0.1, 0.15) is 12.4 Å². The van der Waals surface area contributed by atoms with Gasteiger partial charge in [-0.1, -0.05) is 48.2 Å². The number of hydrogen-bond donors (Lipinski definition) is 1. The van der Waals surface area contributed by atoms with Gasteiger partial charge in [-0.3, -0.25) is 9.36 Å². The van der Waals surface area contributed by atoms with Crippen molar-refractivity contribution >= 4 is 17.7 Å². The molecule has 6 nitrogen and oxygen atoms in total. The van der Waals surface area contributed by atoms with Gasteiger partial charge in [-0.25, -0.2) is 0 Å². The van der Waals surface area contributed by atoms with E-state index in [0.29, 0.717) is 11.0 Å². The van der Waals surface area contributed by atoms with E-state index in [-0.39, 0.29) is 24.3 Å². The van der Waals surface area contributed by atoms with E-state index in [1.54, 1.807) is 0 Å². The van der Waals surface area contributed by atoms with Crippen LogP contribution in [-0.4, -0.2) is 32.5 Å². The molecule has 146 valence electrons. The number of aryl methyl sites for hydroxylation is 1. The molecule has 2 aromatic carbocycles. The smallest absolute Gasteiger partial charge is 0.230 e. The fraction of sp³-hybridized carbons (Fsp3) is 0.286. The number of para-hydroxylation sites is 2. The number of hydrogen-bond acceptors (Lipinski definition) is 5. The maximum absolute atomic E-state index is 12.0. The Balaban J connectivity index is 1.81. The molecule has 0 atom stereocenters. The number of thioether (sulfide) groups is 1. The van der Waals surface area contributed by atoms with Crippen molar-refractivity contribution in [2.24, 2.45) is 0 Å². The molecule has 3 aromatic rings. The van der Waals surface area contributed by atoms with Gasteiger partial charge < -0.3 is 10.1 Å². The SMILES string of the molecule is Cc1ccccc1OCc1nnc(SCC(=O)NC(C)C)n1-c1ccccc1. The first-order chi connectivity index (χ1) is 13.5. The second kappa shape index (κ2) is 9.41. The van der Waals surface area contributed by atoms with E-state index >= 15 is 0 Å². The van der Waals surface area contributed by atoms with Crippen LogP contribution in [0, 0.1) is 6.92 Å². The summed E-state index contributed by atoms with van der Waals surface area (Å²) in [5.41, 5.74) is 2.00. The van der Waals surface area contributed by atoms with Crippen LogP contribution in [0.2, 0.25) is 0 Å². The van der Waals surface area contributed by atoms with Gasteiger partial charge in [0, 0.05) is 11.7 Å². The summed E-state index contributed by atoms with van der Waals surface area (Å²) in [7, 11) is 0. The van der Waals surface area contributed by atoms with Crippen LogP contribution in [0.4, 0.5) is 0 Å². The van der Waals surface area contributed by atoms with Crippen molar-refractivity contribution in [1.82, 2.24) is 20.1 Å². The molecule has 0 unspecified atom stereocenters.